The third-order valence-electron chi connectivity index (χ3n) is 2.67. The zero-order valence-corrected chi connectivity index (χ0v) is 10.6. The molecule has 19 heavy (non-hydrogen) atoms. The highest BCUT2D eigenvalue weighted by atomic mass is 19.1. The second-order valence-corrected chi connectivity index (χ2v) is 4.22. The molecule has 0 fully saturated rings. The molecule has 0 aliphatic carbocycles. The lowest BCUT2D eigenvalue weighted by atomic mass is 10.0. The summed E-state index contributed by atoms with van der Waals surface area (Å²) in [5.41, 5.74) is 0.351. The number of nitrogens with one attached hydrogen (secondary N) is 2. The largest absolute Gasteiger partial charge is 0.481 e. The lowest BCUT2D eigenvalue weighted by Gasteiger charge is -2.14. The van der Waals surface area contributed by atoms with Gasteiger partial charge in [0.1, 0.15) is 5.82 Å². The van der Waals surface area contributed by atoms with E-state index in [2.05, 4.69) is 10.6 Å². The predicted octanol–water partition coefficient (Wildman–Crippen LogP) is 2.45. The van der Waals surface area contributed by atoms with Crippen molar-refractivity contribution in [1.29, 1.82) is 0 Å². The summed E-state index contributed by atoms with van der Waals surface area (Å²) in [7, 11) is 0. The molecule has 6 heteroatoms. The quantitative estimate of drug-likeness (QED) is 0.741. The van der Waals surface area contributed by atoms with Crippen LogP contribution in [0.1, 0.15) is 19.8 Å². The van der Waals surface area contributed by atoms with Crippen molar-refractivity contribution in [2.75, 3.05) is 11.9 Å². The van der Waals surface area contributed by atoms with Crippen LogP contribution in [0.25, 0.3) is 0 Å². The van der Waals surface area contributed by atoms with E-state index < -0.39 is 17.8 Å². The standard InChI is InChI=1S/C13H17FN2O3/c1-2-9(6-12(17)18)8-15-13(19)16-11-5-3-4-10(14)7-11/h3-5,7,9H,2,6,8H2,1H3,(H,17,18)(H2,15,16,19). The number of urea groups is 1. The first-order valence-electron chi connectivity index (χ1n) is 6.03. The molecule has 0 aromatic heterocycles. The number of carboxylic acid groups (broad SMARTS) is 1. The Morgan fingerprint density at radius 1 is 1.42 bits per heavy atom. The molecule has 0 spiro atoms. The molecule has 5 nitrogen and oxygen atoms in total. The van der Waals surface area contributed by atoms with Crippen molar-refractivity contribution in [3.05, 3.63) is 30.1 Å². The van der Waals surface area contributed by atoms with Crippen LogP contribution in [0.4, 0.5) is 14.9 Å². The van der Waals surface area contributed by atoms with Gasteiger partial charge in [-0.1, -0.05) is 19.4 Å². The van der Waals surface area contributed by atoms with Gasteiger partial charge in [0.15, 0.2) is 0 Å². The van der Waals surface area contributed by atoms with Crippen molar-refractivity contribution in [1.82, 2.24) is 5.32 Å². The minimum Gasteiger partial charge on any atom is -0.481 e. The van der Waals surface area contributed by atoms with Crippen molar-refractivity contribution in [2.45, 2.75) is 19.8 Å². The molecule has 0 radical (unpaired) electrons. The molecule has 1 unspecified atom stereocenters. The average molecular weight is 268 g/mol. The van der Waals surface area contributed by atoms with E-state index in [1.807, 2.05) is 6.92 Å². The molecular weight excluding hydrogens is 251 g/mol. The Morgan fingerprint density at radius 3 is 2.74 bits per heavy atom. The van der Waals surface area contributed by atoms with Crippen LogP contribution in [0, 0.1) is 11.7 Å². The zero-order chi connectivity index (χ0) is 14.3. The normalized spacial score (nSPS) is 11.7. The molecule has 1 atom stereocenters. The highest BCUT2D eigenvalue weighted by Gasteiger charge is 2.12. The molecule has 1 aromatic rings. The van der Waals surface area contributed by atoms with Gasteiger partial charge < -0.3 is 15.7 Å². The van der Waals surface area contributed by atoms with Crippen LogP contribution in [-0.4, -0.2) is 23.7 Å². The smallest absolute Gasteiger partial charge is 0.319 e. The van der Waals surface area contributed by atoms with Crippen LogP contribution in [-0.2, 0) is 4.79 Å². The number of carbonyl (C=O) groups excluding carboxylic acids is 1. The molecule has 0 aliphatic rings. The molecule has 1 aromatic carbocycles. The molecule has 2 amide bonds. The van der Waals surface area contributed by atoms with E-state index in [-0.39, 0.29) is 18.9 Å². The summed E-state index contributed by atoms with van der Waals surface area (Å²) >= 11 is 0. The number of carboxylic acids is 1. The number of amides is 2. The molecule has 0 aliphatic heterocycles. The van der Waals surface area contributed by atoms with Gasteiger partial charge in [-0.2, -0.15) is 0 Å². The molecular formula is C13H17FN2O3. The van der Waals surface area contributed by atoms with Gasteiger partial charge in [-0.3, -0.25) is 4.79 Å². The lowest BCUT2D eigenvalue weighted by molar-refractivity contribution is -0.138. The Labute approximate surface area is 110 Å². The number of aliphatic carboxylic acids is 1. The fourth-order valence-corrected chi connectivity index (χ4v) is 1.59. The monoisotopic (exact) mass is 268 g/mol. The Balaban J connectivity index is 2.40. The Kier molecular flexibility index (Phi) is 5.78. The van der Waals surface area contributed by atoms with Crippen LogP contribution in [0.2, 0.25) is 0 Å². The van der Waals surface area contributed by atoms with Crippen LogP contribution < -0.4 is 10.6 Å². The van der Waals surface area contributed by atoms with E-state index in [1.165, 1.54) is 18.2 Å². The summed E-state index contributed by atoms with van der Waals surface area (Å²) in [6.07, 6.45) is 0.670. The first-order valence-corrected chi connectivity index (χ1v) is 6.03. The van der Waals surface area contributed by atoms with E-state index in [0.717, 1.165) is 0 Å². The Morgan fingerprint density at radius 2 is 2.16 bits per heavy atom. The molecule has 0 saturated heterocycles. The maximum absolute atomic E-state index is 12.9. The van der Waals surface area contributed by atoms with Crippen LogP contribution in [0.15, 0.2) is 24.3 Å². The van der Waals surface area contributed by atoms with Gasteiger partial charge in [-0.15, -0.1) is 0 Å². The lowest BCUT2D eigenvalue weighted by Crippen LogP contribution is -2.33. The van der Waals surface area contributed by atoms with Crippen LogP contribution >= 0.6 is 0 Å². The van der Waals surface area contributed by atoms with Crippen molar-refractivity contribution in [2.24, 2.45) is 5.92 Å². The number of carbonyl (C=O) groups is 2. The van der Waals surface area contributed by atoms with Gasteiger partial charge in [0.05, 0.1) is 0 Å². The van der Waals surface area contributed by atoms with Gasteiger partial charge in [-0.05, 0) is 24.1 Å². The van der Waals surface area contributed by atoms with E-state index in [0.29, 0.717) is 12.1 Å². The average Bonchev–Trinajstić information content (AvgIpc) is 2.34. The number of anilines is 1. The molecule has 0 heterocycles. The minimum atomic E-state index is -0.890. The summed E-state index contributed by atoms with van der Waals surface area (Å²) in [5.74, 6) is -1.44. The number of halogens is 1. The Bertz CT molecular complexity index is 451. The van der Waals surface area contributed by atoms with E-state index >= 15 is 0 Å². The SMILES string of the molecule is CCC(CNC(=O)Nc1cccc(F)c1)CC(=O)O. The molecule has 1 rings (SSSR count). The molecule has 0 bridgehead atoms. The maximum Gasteiger partial charge on any atom is 0.319 e. The van der Waals surface area contributed by atoms with Gasteiger partial charge in [0.2, 0.25) is 0 Å². The summed E-state index contributed by atoms with van der Waals surface area (Å²) in [6.45, 7) is 2.13. The topological polar surface area (TPSA) is 78.4 Å². The number of hydrogen-bond donors (Lipinski definition) is 3. The number of hydrogen-bond acceptors (Lipinski definition) is 2. The van der Waals surface area contributed by atoms with Crippen molar-refractivity contribution < 1.29 is 19.1 Å². The summed E-state index contributed by atoms with van der Waals surface area (Å²) in [4.78, 5) is 22.1. The third kappa shape index (κ3) is 5.85. The maximum atomic E-state index is 12.9. The van der Waals surface area contributed by atoms with E-state index in [9.17, 15) is 14.0 Å². The molecule has 3 N–H and O–H groups in total. The third-order valence-corrected chi connectivity index (χ3v) is 2.67. The second kappa shape index (κ2) is 7.35. The second-order valence-electron chi connectivity index (χ2n) is 4.22. The summed E-state index contributed by atoms with van der Waals surface area (Å²) in [5, 5.41) is 13.7. The van der Waals surface area contributed by atoms with Gasteiger partial charge in [-0.25, -0.2) is 9.18 Å². The van der Waals surface area contributed by atoms with Crippen LogP contribution in [0.3, 0.4) is 0 Å². The highest BCUT2D eigenvalue weighted by molar-refractivity contribution is 5.89. The number of rotatable bonds is 6. The Hall–Kier alpha value is -2.11. The highest BCUT2D eigenvalue weighted by Crippen LogP contribution is 2.09. The zero-order valence-electron chi connectivity index (χ0n) is 10.6. The van der Waals surface area contributed by atoms with Crippen molar-refractivity contribution >= 4 is 17.7 Å². The van der Waals surface area contributed by atoms with Gasteiger partial charge in [0, 0.05) is 18.7 Å². The summed E-state index contributed by atoms with van der Waals surface area (Å²) in [6, 6.07) is 5.06. The van der Waals surface area contributed by atoms with Crippen molar-refractivity contribution in [3.8, 4) is 0 Å². The molecule has 104 valence electrons. The first kappa shape index (κ1) is 14.9. The van der Waals surface area contributed by atoms with E-state index in [1.54, 1.807) is 6.07 Å². The summed E-state index contributed by atoms with van der Waals surface area (Å²) < 4.78 is 12.9. The number of benzene rings is 1. The van der Waals surface area contributed by atoms with Crippen molar-refractivity contribution in [3.63, 3.8) is 0 Å². The van der Waals surface area contributed by atoms with E-state index in [4.69, 9.17) is 5.11 Å². The first-order chi connectivity index (χ1) is 9.01. The fourth-order valence-electron chi connectivity index (χ4n) is 1.59. The molecule has 0 saturated carbocycles. The van der Waals surface area contributed by atoms with Gasteiger partial charge >= 0.3 is 12.0 Å². The van der Waals surface area contributed by atoms with Gasteiger partial charge in [0.25, 0.3) is 0 Å². The van der Waals surface area contributed by atoms with Crippen LogP contribution in [0.5, 0.6) is 0 Å². The fraction of sp³-hybridized carbons (Fsp3) is 0.385. The minimum absolute atomic E-state index is 0.0107. The predicted molar refractivity (Wildman–Crippen MR) is 69.5 cm³/mol.